The first-order valence-electron chi connectivity index (χ1n) is 5.89. The molecule has 0 bridgehead atoms. The van der Waals surface area contributed by atoms with Gasteiger partial charge in [-0.05, 0) is 11.6 Å². The van der Waals surface area contributed by atoms with Crippen LogP contribution in [-0.2, 0) is 9.59 Å². The van der Waals surface area contributed by atoms with E-state index in [0.29, 0.717) is 6.54 Å². The highest BCUT2D eigenvalue weighted by atomic mass is 16.4. The van der Waals surface area contributed by atoms with Crippen molar-refractivity contribution in [3.05, 3.63) is 29.8 Å². The number of nitrogens with zero attached hydrogens (tertiary/aromatic N) is 1. The van der Waals surface area contributed by atoms with Crippen molar-refractivity contribution in [2.24, 2.45) is 0 Å². The lowest BCUT2D eigenvalue weighted by atomic mass is 10.00. The third kappa shape index (κ3) is 2.45. The van der Waals surface area contributed by atoms with E-state index in [9.17, 15) is 9.59 Å². The van der Waals surface area contributed by atoms with Crippen molar-refractivity contribution < 1.29 is 14.7 Å². The highest BCUT2D eigenvalue weighted by Gasteiger charge is 2.30. The highest BCUT2D eigenvalue weighted by Crippen LogP contribution is 2.31. The summed E-state index contributed by atoms with van der Waals surface area (Å²) < 4.78 is 0. The number of para-hydroxylation sites is 1. The van der Waals surface area contributed by atoms with Gasteiger partial charge >= 0.3 is 5.97 Å². The van der Waals surface area contributed by atoms with Crippen LogP contribution in [-0.4, -0.2) is 42.0 Å². The first-order valence-corrected chi connectivity index (χ1v) is 5.89. The molecule has 96 valence electrons. The summed E-state index contributed by atoms with van der Waals surface area (Å²) in [7, 11) is 1.65. The molecule has 1 aromatic rings. The molecule has 1 unspecified atom stereocenters. The summed E-state index contributed by atoms with van der Waals surface area (Å²) in [6.45, 7) is 0.822. The fourth-order valence-electron chi connectivity index (χ4n) is 2.14. The number of anilines is 1. The van der Waals surface area contributed by atoms with Crippen molar-refractivity contribution in [1.82, 2.24) is 4.90 Å². The third-order valence-electron chi connectivity index (χ3n) is 3.17. The van der Waals surface area contributed by atoms with Crippen LogP contribution in [0.15, 0.2) is 24.3 Å². The van der Waals surface area contributed by atoms with E-state index in [1.165, 1.54) is 4.90 Å². The van der Waals surface area contributed by atoms with Crippen molar-refractivity contribution in [3.8, 4) is 0 Å². The Kier molecular flexibility index (Phi) is 3.50. The molecule has 18 heavy (non-hydrogen) atoms. The van der Waals surface area contributed by atoms with Gasteiger partial charge in [-0.3, -0.25) is 9.59 Å². The van der Waals surface area contributed by atoms with Crippen LogP contribution in [0.5, 0.6) is 0 Å². The molecule has 1 heterocycles. The molecular weight excluding hydrogens is 232 g/mol. The molecule has 0 radical (unpaired) electrons. The predicted octanol–water partition coefficient (Wildman–Crippen LogP) is 1.13. The van der Waals surface area contributed by atoms with Crippen LogP contribution in [0.3, 0.4) is 0 Å². The largest absolute Gasteiger partial charge is 0.481 e. The number of benzene rings is 1. The summed E-state index contributed by atoms with van der Waals surface area (Å²) in [5.41, 5.74) is 1.98. The monoisotopic (exact) mass is 248 g/mol. The third-order valence-corrected chi connectivity index (χ3v) is 3.17. The van der Waals surface area contributed by atoms with E-state index in [-0.39, 0.29) is 24.8 Å². The van der Waals surface area contributed by atoms with Crippen LogP contribution in [0.1, 0.15) is 17.9 Å². The molecule has 0 saturated carbocycles. The minimum atomic E-state index is -0.889. The number of aliphatic carboxylic acids is 1. The number of carboxylic acid groups (broad SMARTS) is 1. The SMILES string of the molecule is CN(CCC(=O)O)C(=O)C1CNc2ccccc21. The average molecular weight is 248 g/mol. The molecule has 0 spiro atoms. The molecule has 2 N–H and O–H groups in total. The van der Waals surface area contributed by atoms with Crippen molar-refractivity contribution in [2.75, 3.05) is 25.5 Å². The Hall–Kier alpha value is -2.04. The van der Waals surface area contributed by atoms with Crippen molar-refractivity contribution in [1.29, 1.82) is 0 Å². The number of fused-ring (bicyclic) bond motifs is 1. The Morgan fingerprint density at radius 3 is 2.89 bits per heavy atom. The Morgan fingerprint density at radius 2 is 2.17 bits per heavy atom. The van der Waals surface area contributed by atoms with Crippen molar-refractivity contribution in [2.45, 2.75) is 12.3 Å². The van der Waals surface area contributed by atoms with E-state index in [4.69, 9.17) is 5.11 Å². The number of rotatable bonds is 4. The molecular formula is C13H16N2O3. The number of hydrogen-bond donors (Lipinski definition) is 2. The fourth-order valence-corrected chi connectivity index (χ4v) is 2.14. The van der Waals surface area contributed by atoms with Crippen molar-refractivity contribution >= 4 is 17.6 Å². The number of nitrogens with one attached hydrogen (secondary N) is 1. The second-order valence-electron chi connectivity index (χ2n) is 4.42. The smallest absolute Gasteiger partial charge is 0.305 e. The topological polar surface area (TPSA) is 69.6 Å². The highest BCUT2D eigenvalue weighted by molar-refractivity contribution is 5.88. The van der Waals surface area contributed by atoms with Gasteiger partial charge in [0.05, 0.1) is 12.3 Å². The van der Waals surface area contributed by atoms with Crippen LogP contribution in [0.2, 0.25) is 0 Å². The van der Waals surface area contributed by atoms with Gasteiger partial charge in [-0.25, -0.2) is 0 Å². The van der Waals surface area contributed by atoms with Crippen LogP contribution in [0.25, 0.3) is 0 Å². The van der Waals surface area contributed by atoms with E-state index in [1.54, 1.807) is 7.05 Å². The first-order chi connectivity index (χ1) is 8.59. The molecule has 0 fully saturated rings. The summed E-state index contributed by atoms with van der Waals surface area (Å²) in [6, 6.07) is 7.71. The molecule has 1 amide bonds. The number of carbonyl (C=O) groups is 2. The zero-order valence-electron chi connectivity index (χ0n) is 10.2. The van der Waals surface area contributed by atoms with Gasteiger partial charge < -0.3 is 15.3 Å². The summed E-state index contributed by atoms with van der Waals surface area (Å²) in [4.78, 5) is 24.2. The van der Waals surface area contributed by atoms with Gasteiger partial charge in [0.2, 0.25) is 5.91 Å². The van der Waals surface area contributed by atoms with Gasteiger partial charge in [-0.2, -0.15) is 0 Å². The van der Waals surface area contributed by atoms with E-state index < -0.39 is 5.97 Å². The predicted molar refractivity (Wildman–Crippen MR) is 67.6 cm³/mol. The number of likely N-dealkylation sites (N-methyl/N-ethyl adjacent to an activating group) is 1. The maximum atomic E-state index is 12.2. The second-order valence-corrected chi connectivity index (χ2v) is 4.42. The van der Waals surface area contributed by atoms with Crippen LogP contribution < -0.4 is 5.32 Å². The van der Waals surface area contributed by atoms with Gasteiger partial charge in [0.15, 0.2) is 0 Å². The molecule has 5 heteroatoms. The lowest BCUT2D eigenvalue weighted by molar-refractivity contribution is -0.138. The maximum Gasteiger partial charge on any atom is 0.305 e. The molecule has 1 aliphatic rings. The maximum absolute atomic E-state index is 12.2. The minimum absolute atomic E-state index is 0.0238. The first kappa shape index (κ1) is 12.4. The zero-order valence-corrected chi connectivity index (χ0v) is 10.2. The summed E-state index contributed by atoms with van der Waals surface area (Å²) in [6.07, 6.45) is -0.0238. The van der Waals surface area contributed by atoms with Gasteiger partial charge in [0, 0.05) is 25.8 Å². The lowest BCUT2D eigenvalue weighted by Crippen LogP contribution is -2.34. The number of hydrogen-bond acceptors (Lipinski definition) is 3. The van der Waals surface area contributed by atoms with Crippen LogP contribution in [0.4, 0.5) is 5.69 Å². The number of carboxylic acids is 1. The van der Waals surface area contributed by atoms with Crippen molar-refractivity contribution in [3.63, 3.8) is 0 Å². The van der Waals surface area contributed by atoms with Gasteiger partial charge in [-0.1, -0.05) is 18.2 Å². The number of amides is 1. The Balaban J connectivity index is 2.05. The Bertz CT molecular complexity index is 473. The Morgan fingerprint density at radius 1 is 1.44 bits per heavy atom. The Labute approximate surface area is 105 Å². The average Bonchev–Trinajstić information content (AvgIpc) is 2.78. The minimum Gasteiger partial charge on any atom is -0.481 e. The molecule has 2 rings (SSSR count). The van der Waals surface area contributed by atoms with Crippen LogP contribution in [0, 0.1) is 0 Å². The zero-order chi connectivity index (χ0) is 13.1. The molecule has 5 nitrogen and oxygen atoms in total. The molecule has 0 aliphatic carbocycles. The fraction of sp³-hybridized carbons (Fsp3) is 0.385. The molecule has 0 saturated heterocycles. The quantitative estimate of drug-likeness (QED) is 0.838. The van der Waals surface area contributed by atoms with E-state index in [0.717, 1.165) is 11.3 Å². The molecule has 0 aromatic heterocycles. The summed E-state index contributed by atoms with van der Waals surface area (Å²) in [5.74, 6) is -1.13. The van der Waals surface area contributed by atoms with E-state index in [1.807, 2.05) is 24.3 Å². The lowest BCUT2D eigenvalue weighted by Gasteiger charge is -2.20. The number of carbonyl (C=O) groups excluding carboxylic acids is 1. The summed E-state index contributed by atoms with van der Waals surface area (Å²) in [5, 5.41) is 11.8. The van der Waals surface area contributed by atoms with Crippen LogP contribution >= 0.6 is 0 Å². The second kappa shape index (κ2) is 5.08. The van der Waals surface area contributed by atoms with E-state index in [2.05, 4.69) is 5.32 Å². The standard InChI is InChI=1S/C13H16N2O3/c1-15(7-6-12(16)17)13(18)10-8-14-11-5-3-2-4-9(10)11/h2-5,10,14H,6-8H2,1H3,(H,16,17). The van der Waals surface area contributed by atoms with Gasteiger partial charge in [0.1, 0.15) is 0 Å². The summed E-state index contributed by atoms with van der Waals surface area (Å²) >= 11 is 0. The van der Waals surface area contributed by atoms with Gasteiger partial charge in [-0.15, -0.1) is 0 Å². The van der Waals surface area contributed by atoms with E-state index >= 15 is 0 Å². The normalized spacial score (nSPS) is 16.8. The van der Waals surface area contributed by atoms with Gasteiger partial charge in [0.25, 0.3) is 0 Å². The molecule has 1 aliphatic heterocycles. The molecule has 1 aromatic carbocycles. The molecule has 1 atom stereocenters.